The summed E-state index contributed by atoms with van der Waals surface area (Å²) in [4.78, 5) is 0.242. The fraction of sp³-hybridized carbons (Fsp3) is 0.600. The van der Waals surface area contributed by atoms with Crippen LogP contribution in [0.15, 0.2) is 29.2 Å². The molecule has 0 atom stereocenters. The molecule has 0 amide bonds. The smallest absolute Gasteiger partial charge is 0.244 e. The van der Waals surface area contributed by atoms with Gasteiger partial charge in [-0.1, -0.05) is 12.1 Å². The molecule has 3 rings (SSSR count). The molecule has 3 N–H and O–H groups in total. The molecule has 1 aromatic rings. The van der Waals surface area contributed by atoms with E-state index in [-0.39, 0.29) is 23.1 Å². The maximum absolute atomic E-state index is 12.4. The van der Waals surface area contributed by atoms with Gasteiger partial charge in [0.2, 0.25) is 10.0 Å². The Morgan fingerprint density at radius 3 is 2.38 bits per heavy atom. The summed E-state index contributed by atoms with van der Waals surface area (Å²) in [6.07, 6.45) is 5.52. The van der Waals surface area contributed by atoms with Crippen LogP contribution in [0.1, 0.15) is 38.5 Å². The van der Waals surface area contributed by atoms with E-state index in [9.17, 15) is 8.42 Å². The van der Waals surface area contributed by atoms with Crippen molar-refractivity contribution in [2.24, 2.45) is 5.73 Å². The summed E-state index contributed by atoms with van der Waals surface area (Å²) in [5.41, 5.74) is 5.89. The van der Waals surface area contributed by atoms with E-state index in [1.54, 1.807) is 24.3 Å². The fourth-order valence-corrected chi connectivity index (χ4v) is 4.08. The fourth-order valence-electron chi connectivity index (χ4n) is 2.64. The van der Waals surface area contributed by atoms with E-state index >= 15 is 0 Å². The van der Waals surface area contributed by atoms with Crippen LogP contribution in [-0.2, 0) is 10.0 Å². The van der Waals surface area contributed by atoms with Crippen LogP contribution in [0, 0.1) is 0 Å². The highest BCUT2D eigenvalue weighted by Gasteiger charge is 2.30. The zero-order chi connectivity index (χ0) is 14.9. The number of sulfonamides is 1. The molecule has 0 unspecified atom stereocenters. The van der Waals surface area contributed by atoms with Crippen LogP contribution in [0.25, 0.3) is 0 Å². The monoisotopic (exact) mass is 310 g/mol. The third-order valence-corrected chi connectivity index (χ3v) is 5.61. The largest absolute Gasteiger partial charge is 0.489 e. The first kappa shape index (κ1) is 14.8. The predicted octanol–water partition coefficient (Wildman–Crippen LogP) is 1.78. The molecule has 0 heterocycles. The second-order valence-electron chi connectivity index (χ2n) is 6.00. The van der Waals surface area contributed by atoms with Gasteiger partial charge in [-0.05, 0) is 50.7 Å². The van der Waals surface area contributed by atoms with Gasteiger partial charge in [-0.3, -0.25) is 0 Å². The molecule has 2 aliphatic carbocycles. The normalized spacial score (nSPS) is 26.5. The second kappa shape index (κ2) is 5.94. The number of nitrogens with two attached hydrogens (primary N) is 1. The number of hydrogen-bond donors (Lipinski definition) is 2. The van der Waals surface area contributed by atoms with E-state index in [0.29, 0.717) is 5.75 Å². The van der Waals surface area contributed by atoms with Crippen molar-refractivity contribution in [2.45, 2.75) is 61.6 Å². The molecule has 21 heavy (non-hydrogen) atoms. The first-order valence-electron chi connectivity index (χ1n) is 7.58. The van der Waals surface area contributed by atoms with Crippen LogP contribution in [0.2, 0.25) is 0 Å². The van der Waals surface area contributed by atoms with Gasteiger partial charge in [0.05, 0.1) is 6.10 Å². The van der Waals surface area contributed by atoms with E-state index in [1.165, 1.54) is 0 Å². The molecule has 6 heteroatoms. The average Bonchev–Trinajstić information content (AvgIpc) is 3.25. The van der Waals surface area contributed by atoms with Gasteiger partial charge < -0.3 is 10.5 Å². The number of nitrogens with one attached hydrogen (secondary N) is 1. The van der Waals surface area contributed by atoms with Crippen molar-refractivity contribution in [1.29, 1.82) is 0 Å². The summed E-state index contributed by atoms with van der Waals surface area (Å²) >= 11 is 0. The Labute approximate surface area is 125 Å². The number of rotatable bonds is 5. The molecule has 0 spiro atoms. The summed E-state index contributed by atoms with van der Waals surface area (Å²) in [5.74, 6) is 0.450. The lowest BCUT2D eigenvalue weighted by atomic mass is 9.94. The SMILES string of the molecule is NC1CCC(Oc2ccccc2S(=O)(=O)NC2CC2)CC1. The first-order chi connectivity index (χ1) is 10.0. The topological polar surface area (TPSA) is 81.4 Å². The molecule has 2 fully saturated rings. The van der Waals surface area contributed by atoms with Crippen molar-refractivity contribution in [2.75, 3.05) is 0 Å². The second-order valence-corrected chi connectivity index (χ2v) is 7.68. The van der Waals surface area contributed by atoms with Crippen LogP contribution in [0.4, 0.5) is 0 Å². The van der Waals surface area contributed by atoms with Gasteiger partial charge in [0.25, 0.3) is 0 Å². The van der Waals surface area contributed by atoms with E-state index in [0.717, 1.165) is 38.5 Å². The van der Waals surface area contributed by atoms with Gasteiger partial charge in [-0.25, -0.2) is 13.1 Å². The van der Waals surface area contributed by atoms with Crippen molar-refractivity contribution in [3.05, 3.63) is 24.3 Å². The van der Waals surface area contributed by atoms with Gasteiger partial charge in [0.15, 0.2) is 0 Å². The van der Waals surface area contributed by atoms with E-state index in [1.807, 2.05) is 0 Å². The van der Waals surface area contributed by atoms with Gasteiger partial charge >= 0.3 is 0 Å². The lowest BCUT2D eigenvalue weighted by Gasteiger charge is -2.27. The molecular weight excluding hydrogens is 288 g/mol. The Morgan fingerprint density at radius 1 is 1.05 bits per heavy atom. The minimum absolute atomic E-state index is 0.0575. The number of ether oxygens (including phenoxy) is 1. The molecule has 0 saturated heterocycles. The van der Waals surface area contributed by atoms with Gasteiger partial charge in [-0.2, -0.15) is 0 Å². The van der Waals surface area contributed by atoms with Gasteiger partial charge in [0.1, 0.15) is 10.6 Å². The average molecular weight is 310 g/mol. The molecule has 0 aliphatic heterocycles. The van der Waals surface area contributed by atoms with Crippen molar-refractivity contribution >= 4 is 10.0 Å². The molecule has 1 aromatic carbocycles. The van der Waals surface area contributed by atoms with Gasteiger partial charge in [-0.15, -0.1) is 0 Å². The Kier molecular flexibility index (Phi) is 4.19. The van der Waals surface area contributed by atoms with E-state index in [2.05, 4.69) is 4.72 Å². The summed E-state index contributed by atoms with van der Waals surface area (Å²) in [7, 11) is -3.49. The predicted molar refractivity (Wildman–Crippen MR) is 80.6 cm³/mol. The first-order valence-corrected chi connectivity index (χ1v) is 9.06. The van der Waals surface area contributed by atoms with Gasteiger partial charge in [0, 0.05) is 12.1 Å². The molecule has 0 aromatic heterocycles. The third-order valence-electron chi connectivity index (χ3n) is 4.05. The van der Waals surface area contributed by atoms with Crippen molar-refractivity contribution in [1.82, 2.24) is 4.72 Å². The maximum Gasteiger partial charge on any atom is 0.244 e. The third kappa shape index (κ3) is 3.75. The van der Waals surface area contributed by atoms with Crippen molar-refractivity contribution in [3.8, 4) is 5.75 Å². The van der Waals surface area contributed by atoms with E-state index in [4.69, 9.17) is 10.5 Å². The molecule has 2 aliphatic rings. The summed E-state index contributed by atoms with van der Waals surface area (Å²) in [6, 6.07) is 7.21. The Morgan fingerprint density at radius 2 is 1.71 bits per heavy atom. The highest BCUT2D eigenvalue weighted by Crippen LogP contribution is 2.30. The van der Waals surface area contributed by atoms with Crippen molar-refractivity contribution < 1.29 is 13.2 Å². The maximum atomic E-state index is 12.4. The molecular formula is C15H22N2O3S. The lowest BCUT2D eigenvalue weighted by Crippen LogP contribution is -2.32. The molecule has 0 bridgehead atoms. The Hall–Kier alpha value is -1.11. The number of para-hydroxylation sites is 1. The standard InChI is InChI=1S/C15H22N2O3S/c16-11-5-9-13(10-6-11)20-14-3-1-2-4-15(14)21(18,19)17-12-7-8-12/h1-4,11-13,17H,5-10,16H2. The minimum atomic E-state index is -3.49. The summed E-state index contributed by atoms with van der Waals surface area (Å²) in [6.45, 7) is 0. The quantitative estimate of drug-likeness (QED) is 0.868. The van der Waals surface area contributed by atoms with E-state index < -0.39 is 10.0 Å². The minimum Gasteiger partial charge on any atom is -0.489 e. The number of benzene rings is 1. The molecule has 116 valence electrons. The highest BCUT2D eigenvalue weighted by molar-refractivity contribution is 7.89. The van der Waals surface area contributed by atoms with Crippen LogP contribution >= 0.6 is 0 Å². The molecule has 5 nitrogen and oxygen atoms in total. The van der Waals surface area contributed by atoms with Crippen LogP contribution in [0.3, 0.4) is 0 Å². The van der Waals surface area contributed by atoms with Crippen LogP contribution in [0.5, 0.6) is 5.75 Å². The van der Waals surface area contributed by atoms with Crippen molar-refractivity contribution in [3.63, 3.8) is 0 Å². The Bertz CT molecular complexity index is 591. The molecule has 0 radical (unpaired) electrons. The summed E-state index contributed by atoms with van der Waals surface area (Å²) in [5, 5.41) is 0. The lowest BCUT2D eigenvalue weighted by molar-refractivity contribution is 0.143. The Balaban J connectivity index is 1.76. The summed E-state index contributed by atoms with van der Waals surface area (Å²) < 4.78 is 33.4. The number of hydrogen-bond acceptors (Lipinski definition) is 4. The molecule has 2 saturated carbocycles. The van der Waals surface area contributed by atoms with Crippen LogP contribution in [-0.4, -0.2) is 26.6 Å². The van der Waals surface area contributed by atoms with Crippen LogP contribution < -0.4 is 15.2 Å². The zero-order valence-corrected chi connectivity index (χ0v) is 12.8. The highest BCUT2D eigenvalue weighted by atomic mass is 32.2. The zero-order valence-electron chi connectivity index (χ0n) is 12.0.